The van der Waals surface area contributed by atoms with Gasteiger partial charge in [0.25, 0.3) is 0 Å². The summed E-state index contributed by atoms with van der Waals surface area (Å²) < 4.78 is 35.0. The SMILES string of the molecule is CN=C(NCc1coc(-c2ccccc2)n1)NCc1ccccc1OC(F)F. The maximum absolute atomic E-state index is 12.5. The molecule has 0 radical (unpaired) electrons. The van der Waals surface area contributed by atoms with Crippen LogP contribution in [0.15, 0.2) is 70.3 Å². The van der Waals surface area contributed by atoms with Crippen molar-refractivity contribution in [2.75, 3.05) is 7.05 Å². The Morgan fingerprint density at radius 3 is 2.54 bits per heavy atom. The molecule has 28 heavy (non-hydrogen) atoms. The molecule has 0 saturated heterocycles. The lowest BCUT2D eigenvalue weighted by Crippen LogP contribution is -2.36. The third-order valence-electron chi connectivity index (χ3n) is 3.87. The van der Waals surface area contributed by atoms with Gasteiger partial charge in [0.2, 0.25) is 5.89 Å². The standard InChI is InChI=1S/C20H20F2N4O2/c1-23-20(24-11-15-9-5-6-10-17(15)28-19(21)22)25-12-16-13-27-18(26-16)14-7-3-2-4-8-14/h2-10,13,19H,11-12H2,1H3,(H2,23,24,25). The number of ether oxygens (including phenoxy) is 1. The van der Waals surface area contributed by atoms with Gasteiger partial charge in [0, 0.05) is 24.7 Å². The van der Waals surface area contributed by atoms with Crippen molar-refractivity contribution in [3.05, 3.63) is 72.1 Å². The maximum atomic E-state index is 12.5. The highest BCUT2D eigenvalue weighted by molar-refractivity contribution is 5.79. The number of aliphatic imine (C=N–C) groups is 1. The van der Waals surface area contributed by atoms with Crippen LogP contribution >= 0.6 is 0 Å². The lowest BCUT2D eigenvalue weighted by atomic mass is 10.2. The Kier molecular flexibility index (Phi) is 6.56. The van der Waals surface area contributed by atoms with Crippen LogP contribution in [0.5, 0.6) is 5.75 Å². The van der Waals surface area contributed by atoms with Crippen molar-refractivity contribution in [1.29, 1.82) is 0 Å². The Morgan fingerprint density at radius 2 is 1.79 bits per heavy atom. The van der Waals surface area contributed by atoms with E-state index >= 15 is 0 Å². The van der Waals surface area contributed by atoms with Gasteiger partial charge in [0.05, 0.1) is 12.2 Å². The van der Waals surface area contributed by atoms with Gasteiger partial charge in [0.1, 0.15) is 12.0 Å². The van der Waals surface area contributed by atoms with Crippen molar-refractivity contribution in [2.24, 2.45) is 4.99 Å². The number of hydrogen-bond donors (Lipinski definition) is 2. The fraction of sp³-hybridized carbons (Fsp3) is 0.200. The molecule has 3 aromatic rings. The predicted molar refractivity (Wildman–Crippen MR) is 102 cm³/mol. The molecule has 146 valence electrons. The first kappa shape index (κ1) is 19.3. The van der Waals surface area contributed by atoms with Crippen LogP contribution in [0, 0.1) is 0 Å². The Labute approximate surface area is 161 Å². The fourth-order valence-corrected chi connectivity index (χ4v) is 2.54. The zero-order valence-electron chi connectivity index (χ0n) is 15.2. The minimum Gasteiger partial charge on any atom is -0.444 e. The van der Waals surface area contributed by atoms with Crippen LogP contribution in [0.3, 0.4) is 0 Å². The number of hydrogen-bond acceptors (Lipinski definition) is 4. The number of nitrogens with one attached hydrogen (secondary N) is 2. The summed E-state index contributed by atoms with van der Waals surface area (Å²) in [4.78, 5) is 8.56. The van der Waals surface area contributed by atoms with Crippen LogP contribution in [0.25, 0.3) is 11.5 Å². The van der Waals surface area contributed by atoms with Gasteiger partial charge >= 0.3 is 6.61 Å². The number of guanidine groups is 1. The highest BCUT2D eigenvalue weighted by Gasteiger charge is 2.10. The normalized spacial score (nSPS) is 11.5. The number of para-hydroxylation sites is 1. The highest BCUT2D eigenvalue weighted by atomic mass is 19.3. The van der Waals surface area contributed by atoms with E-state index in [1.807, 2.05) is 30.3 Å². The van der Waals surface area contributed by atoms with Gasteiger partial charge in [0.15, 0.2) is 5.96 Å². The largest absolute Gasteiger partial charge is 0.444 e. The molecule has 0 spiro atoms. The number of oxazole rings is 1. The Morgan fingerprint density at radius 1 is 1.07 bits per heavy atom. The van der Waals surface area contributed by atoms with E-state index < -0.39 is 6.61 Å². The summed E-state index contributed by atoms with van der Waals surface area (Å²) in [5, 5.41) is 6.17. The smallest absolute Gasteiger partial charge is 0.387 e. The van der Waals surface area contributed by atoms with E-state index in [-0.39, 0.29) is 12.3 Å². The van der Waals surface area contributed by atoms with E-state index in [9.17, 15) is 8.78 Å². The average molecular weight is 386 g/mol. The summed E-state index contributed by atoms with van der Waals surface area (Å²) in [5.41, 5.74) is 2.20. The van der Waals surface area contributed by atoms with Gasteiger partial charge in [-0.25, -0.2) is 4.98 Å². The molecule has 2 aromatic carbocycles. The topological polar surface area (TPSA) is 71.7 Å². The predicted octanol–water partition coefficient (Wildman–Crippen LogP) is 3.81. The summed E-state index contributed by atoms with van der Waals surface area (Å²) >= 11 is 0. The Balaban J connectivity index is 1.55. The molecular weight excluding hydrogens is 366 g/mol. The van der Waals surface area contributed by atoms with Crippen LogP contribution in [0.2, 0.25) is 0 Å². The molecule has 0 bridgehead atoms. The van der Waals surface area contributed by atoms with Crippen molar-refractivity contribution in [2.45, 2.75) is 19.7 Å². The molecule has 0 aliphatic rings. The van der Waals surface area contributed by atoms with E-state index in [2.05, 4.69) is 25.3 Å². The molecule has 0 amide bonds. The minimum absolute atomic E-state index is 0.129. The molecule has 0 saturated carbocycles. The van der Waals surface area contributed by atoms with Crippen LogP contribution in [-0.2, 0) is 13.1 Å². The van der Waals surface area contributed by atoms with Crippen molar-refractivity contribution >= 4 is 5.96 Å². The number of alkyl halides is 2. The summed E-state index contributed by atoms with van der Waals surface area (Å²) in [6.07, 6.45) is 1.58. The van der Waals surface area contributed by atoms with E-state index in [4.69, 9.17) is 4.42 Å². The molecule has 0 aliphatic heterocycles. The van der Waals surface area contributed by atoms with Gasteiger partial charge in [-0.15, -0.1) is 0 Å². The zero-order valence-corrected chi connectivity index (χ0v) is 15.2. The first-order valence-electron chi connectivity index (χ1n) is 8.63. The number of rotatable bonds is 7. The molecule has 1 aromatic heterocycles. The van der Waals surface area contributed by atoms with Crippen molar-refractivity contribution in [1.82, 2.24) is 15.6 Å². The minimum atomic E-state index is -2.87. The van der Waals surface area contributed by atoms with Gasteiger partial charge in [-0.05, 0) is 18.2 Å². The van der Waals surface area contributed by atoms with Crippen LogP contribution in [0.1, 0.15) is 11.3 Å². The first-order chi connectivity index (χ1) is 13.7. The summed E-state index contributed by atoms with van der Waals surface area (Å²) in [6.45, 7) is -2.20. The summed E-state index contributed by atoms with van der Waals surface area (Å²) in [5.74, 6) is 1.17. The Bertz CT molecular complexity index is 913. The maximum Gasteiger partial charge on any atom is 0.387 e. The molecule has 0 atom stereocenters. The summed E-state index contributed by atoms with van der Waals surface area (Å²) in [6, 6.07) is 16.2. The fourth-order valence-electron chi connectivity index (χ4n) is 2.54. The molecule has 2 N–H and O–H groups in total. The Hall–Kier alpha value is -3.42. The average Bonchev–Trinajstić information content (AvgIpc) is 3.18. The van der Waals surface area contributed by atoms with E-state index in [1.54, 1.807) is 31.5 Å². The van der Waals surface area contributed by atoms with Crippen LogP contribution in [0.4, 0.5) is 8.78 Å². The third kappa shape index (κ3) is 5.29. The van der Waals surface area contributed by atoms with E-state index in [0.717, 1.165) is 5.56 Å². The van der Waals surface area contributed by atoms with Gasteiger partial charge < -0.3 is 19.8 Å². The molecule has 0 fully saturated rings. The van der Waals surface area contributed by atoms with Crippen molar-refractivity contribution in [3.63, 3.8) is 0 Å². The second-order valence-electron chi connectivity index (χ2n) is 5.78. The second kappa shape index (κ2) is 9.50. The molecule has 0 aliphatic carbocycles. The van der Waals surface area contributed by atoms with Crippen LogP contribution < -0.4 is 15.4 Å². The summed E-state index contributed by atoms with van der Waals surface area (Å²) in [7, 11) is 1.62. The number of aromatic nitrogens is 1. The molecule has 8 heteroatoms. The quantitative estimate of drug-likeness (QED) is 0.477. The second-order valence-corrected chi connectivity index (χ2v) is 5.78. The number of benzene rings is 2. The van der Waals surface area contributed by atoms with Crippen molar-refractivity contribution < 1.29 is 17.9 Å². The highest BCUT2D eigenvalue weighted by Crippen LogP contribution is 2.20. The van der Waals surface area contributed by atoms with E-state index in [1.165, 1.54) is 6.07 Å². The van der Waals surface area contributed by atoms with Crippen molar-refractivity contribution in [3.8, 4) is 17.2 Å². The third-order valence-corrected chi connectivity index (χ3v) is 3.87. The van der Waals surface area contributed by atoms with Crippen LogP contribution in [-0.4, -0.2) is 24.6 Å². The molecule has 6 nitrogen and oxygen atoms in total. The van der Waals surface area contributed by atoms with E-state index in [0.29, 0.717) is 29.7 Å². The lowest BCUT2D eigenvalue weighted by Gasteiger charge is -2.14. The number of halogens is 2. The van der Waals surface area contributed by atoms with Gasteiger partial charge in [-0.3, -0.25) is 4.99 Å². The molecule has 1 heterocycles. The number of nitrogens with zero attached hydrogens (tertiary/aromatic N) is 2. The monoisotopic (exact) mass is 386 g/mol. The van der Waals surface area contributed by atoms with Gasteiger partial charge in [-0.1, -0.05) is 36.4 Å². The first-order valence-corrected chi connectivity index (χ1v) is 8.63. The molecule has 0 unspecified atom stereocenters. The van der Waals surface area contributed by atoms with Gasteiger partial charge in [-0.2, -0.15) is 8.78 Å². The zero-order chi connectivity index (χ0) is 19.8. The molecule has 3 rings (SSSR count). The molecular formula is C20H20F2N4O2. The lowest BCUT2D eigenvalue weighted by molar-refractivity contribution is -0.0504.